The Hall–Kier alpha value is -2.62. The zero-order valence-corrected chi connectivity index (χ0v) is 18.9. The lowest BCUT2D eigenvalue weighted by atomic mass is 10.2. The molecule has 0 saturated carbocycles. The highest BCUT2D eigenvalue weighted by Crippen LogP contribution is 2.24. The van der Waals surface area contributed by atoms with E-state index in [1.54, 1.807) is 11.5 Å². The van der Waals surface area contributed by atoms with E-state index < -0.39 is 0 Å². The minimum Gasteiger partial charge on any atom is -0.466 e. The van der Waals surface area contributed by atoms with Crippen LogP contribution >= 0.6 is 35.0 Å². The minimum absolute atomic E-state index is 0.00919. The van der Waals surface area contributed by atoms with Crippen molar-refractivity contribution in [3.05, 3.63) is 64.0 Å². The molecule has 1 aromatic carbocycles. The zero-order chi connectivity index (χ0) is 22.2. The number of anilines is 1. The number of pyridine rings is 1. The second kappa shape index (κ2) is 11.1. The molecule has 1 N–H and O–H groups in total. The number of nitrogens with one attached hydrogen (secondary N) is 1. The molecule has 8 nitrogen and oxygen atoms in total. The predicted octanol–water partition coefficient (Wildman–Crippen LogP) is 3.86. The van der Waals surface area contributed by atoms with Gasteiger partial charge < -0.3 is 14.6 Å². The van der Waals surface area contributed by atoms with E-state index in [2.05, 4.69) is 20.5 Å². The molecular formula is C20H19Cl2N5O3S. The van der Waals surface area contributed by atoms with Crippen molar-refractivity contribution in [2.24, 2.45) is 0 Å². The first kappa shape index (κ1) is 23.1. The van der Waals surface area contributed by atoms with Gasteiger partial charge in [0.1, 0.15) is 12.2 Å². The van der Waals surface area contributed by atoms with Crippen molar-refractivity contribution in [1.82, 2.24) is 19.7 Å². The van der Waals surface area contributed by atoms with Gasteiger partial charge in [0.25, 0.3) is 0 Å². The fourth-order valence-corrected chi connectivity index (χ4v) is 3.81. The molecule has 0 spiro atoms. The number of amides is 1. The fraction of sp³-hybridized carbons (Fsp3) is 0.250. The third-order valence-electron chi connectivity index (χ3n) is 3.98. The molecule has 2 heterocycles. The number of carbonyl (C=O) groups excluding carboxylic acids is 2. The summed E-state index contributed by atoms with van der Waals surface area (Å²) in [5.74, 6) is 0.0374. The van der Waals surface area contributed by atoms with Gasteiger partial charge in [-0.2, -0.15) is 0 Å². The molecule has 0 atom stereocenters. The van der Waals surface area contributed by atoms with Gasteiger partial charge in [0.2, 0.25) is 5.91 Å². The number of hydrogen-bond donors (Lipinski definition) is 1. The summed E-state index contributed by atoms with van der Waals surface area (Å²) in [6.07, 6.45) is 1.39. The number of hydrogen-bond acceptors (Lipinski definition) is 7. The maximum atomic E-state index is 12.4. The van der Waals surface area contributed by atoms with Crippen LogP contribution < -0.4 is 5.32 Å². The lowest BCUT2D eigenvalue weighted by Crippen LogP contribution is -2.17. The van der Waals surface area contributed by atoms with Gasteiger partial charge in [0, 0.05) is 6.20 Å². The molecule has 0 fully saturated rings. The molecular weight excluding hydrogens is 461 g/mol. The summed E-state index contributed by atoms with van der Waals surface area (Å²) >= 11 is 13.1. The maximum Gasteiger partial charge on any atom is 0.313 e. The summed E-state index contributed by atoms with van der Waals surface area (Å²) in [6.45, 7) is 2.49. The average molecular weight is 480 g/mol. The van der Waals surface area contributed by atoms with Crippen LogP contribution in [0.4, 0.5) is 5.82 Å². The Balaban J connectivity index is 1.72. The van der Waals surface area contributed by atoms with Crippen LogP contribution in [0.15, 0.2) is 47.8 Å². The minimum atomic E-state index is -0.387. The topological polar surface area (TPSA) is 99.0 Å². The monoisotopic (exact) mass is 479 g/mol. The normalized spacial score (nSPS) is 10.7. The third kappa shape index (κ3) is 6.68. The van der Waals surface area contributed by atoms with Gasteiger partial charge in [-0.05, 0) is 18.6 Å². The summed E-state index contributed by atoms with van der Waals surface area (Å²) in [5, 5.41) is 12.1. The highest BCUT2D eigenvalue weighted by atomic mass is 35.5. The number of ether oxygens (including phenoxy) is 1. The fourth-order valence-electron chi connectivity index (χ4n) is 2.63. The Bertz CT molecular complexity index is 1060. The van der Waals surface area contributed by atoms with Gasteiger partial charge >= 0.3 is 5.97 Å². The first-order chi connectivity index (χ1) is 15.0. The van der Waals surface area contributed by atoms with E-state index in [1.807, 2.05) is 30.3 Å². The van der Waals surface area contributed by atoms with Crippen molar-refractivity contribution in [2.75, 3.05) is 17.7 Å². The van der Waals surface area contributed by atoms with E-state index in [0.29, 0.717) is 22.5 Å². The molecule has 0 unspecified atom stereocenters. The summed E-state index contributed by atoms with van der Waals surface area (Å²) in [4.78, 5) is 28.3. The highest BCUT2D eigenvalue weighted by Gasteiger charge is 2.18. The molecule has 0 aliphatic carbocycles. The third-order valence-corrected chi connectivity index (χ3v) is 5.44. The molecule has 0 aliphatic heterocycles. The number of rotatable bonds is 9. The Morgan fingerprint density at radius 3 is 2.68 bits per heavy atom. The summed E-state index contributed by atoms with van der Waals surface area (Å²) in [6, 6.07) is 11.2. The lowest BCUT2D eigenvalue weighted by Gasteiger charge is -2.10. The molecule has 11 heteroatoms. The molecule has 3 rings (SSSR count). The molecule has 162 valence electrons. The second-order valence-electron chi connectivity index (χ2n) is 6.27. The maximum absolute atomic E-state index is 12.4. The van der Waals surface area contributed by atoms with Gasteiger partial charge in [-0.1, -0.05) is 65.3 Å². The number of thioether (sulfide) groups is 1. The molecule has 0 bridgehead atoms. The van der Waals surface area contributed by atoms with Gasteiger partial charge in [0.05, 0.1) is 28.9 Å². The quantitative estimate of drug-likeness (QED) is 0.367. The van der Waals surface area contributed by atoms with E-state index in [4.69, 9.17) is 27.9 Å². The number of nitrogens with zero attached hydrogens (tertiary/aromatic N) is 4. The molecule has 2 aromatic heterocycles. The zero-order valence-electron chi connectivity index (χ0n) is 16.5. The van der Waals surface area contributed by atoms with E-state index in [0.717, 1.165) is 5.56 Å². The standard InChI is InChI=1S/C20H19Cl2N5O3S/c1-2-30-18(29)9-16-25-26-20(27(16)11-13-6-4-3-5-7-13)31-12-17(28)24-19-15(22)8-14(21)10-23-19/h3-8,10H,2,9,11-12H2,1H3,(H,23,24,28). The highest BCUT2D eigenvalue weighted by molar-refractivity contribution is 7.99. The summed E-state index contributed by atoms with van der Waals surface area (Å²) < 4.78 is 6.83. The van der Waals surface area contributed by atoms with Crippen molar-refractivity contribution in [1.29, 1.82) is 0 Å². The van der Waals surface area contributed by atoms with Gasteiger partial charge in [-0.15, -0.1) is 10.2 Å². The van der Waals surface area contributed by atoms with Crippen LogP contribution in [0.2, 0.25) is 10.0 Å². The first-order valence-corrected chi connectivity index (χ1v) is 11.1. The summed E-state index contributed by atoms with van der Waals surface area (Å²) in [5.41, 5.74) is 1.01. The van der Waals surface area contributed by atoms with Crippen molar-refractivity contribution in [3.63, 3.8) is 0 Å². The first-order valence-electron chi connectivity index (χ1n) is 9.31. The molecule has 0 radical (unpaired) electrons. The Morgan fingerprint density at radius 2 is 1.97 bits per heavy atom. The predicted molar refractivity (Wildman–Crippen MR) is 120 cm³/mol. The summed E-state index contributed by atoms with van der Waals surface area (Å²) in [7, 11) is 0. The lowest BCUT2D eigenvalue weighted by molar-refractivity contribution is -0.142. The Morgan fingerprint density at radius 1 is 1.19 bits per heavy atom. The van der Waals surface area contributed by atoms with Crippen LogP contribution in [0.25, 0.3) is 0 Å². The number of aromatic nitrogens is 4. The number of halogens is 2. The van der Waals surface area contributed by atoms with Crippen molar-refractivity contribution < 1.29 is 14.3 Å². The second-order valence-corrected chi connectivity index (χ2v) is 8.06. The number of benzene rings is 1. The van der Waals surface area contributed by atoms with E-state index in [9.17, 15) is 9.59 Å². The largest absolute Gasteiger partial charge is 0.466 e. The van der Waals surface area contributed by atoms with Gasteiger partial charge in [-0.25, -0.2) is 4.98 Å². The van der Waals surface area contributed by atoms with Crippen molar-refractivity contribution in [3.8, 4) is 0 Å². The van der Waals surface area contributed by atoms with Crippen LogP contribution in [0.3, 0.4) is 0 Å². The van der Waals surface area contributed by atoms with Crippen molar-refractivity contribution >= 4 is 52.7 Å². The van der Waals surface area contributed by atoms with Gasteiger partial charge in [0.15, 0.2) is 11.0 Å². The average Bonchev–Trinajstić information content (AvgIpc) is 3.10. The van der Waals surface area contributed by atoms with Gasteiger partial charge in [-0.3, -0.25) is 9.59 Å². The molecule has 0 saturated heterocycles. The molecule has 3 aromatic rings. The van der Waals surface area contributed by atoms with Crippen LogP contribution in [0, 0.1) is 0 Å². The van der Waals surface area contributed by atoms with Crippen LogP contribution in [-0.4, -0.2) is 44.0 Å². The Labute approximate surface area is 193 Å². The van der Waals surface area contributed by atoms with Crippen molar-refractivity contribution in [2.45, 2.75) is 25.0 Å². The van der Waals surface area contributed by atoms with Crippen LogP contribution in [-0.2, 0) is 27.3 Å². The van der Waals surface area contributed by atoms with Crippen LogP contribution in [0.5, 0.6) is 0 Å². The van der Waals surface area contributed by atoms with E-state index >= 15 is 0 Å². The van der Waals surface area contributed by atoms with Crippen LogP contribution in [0.1, 0.15) is 18.3 Å². The molecule has 0 aliphatic rings. The van der Waals surface area contributed by atoms with E-state index in [1.165, 1.54) is 24.0 Å². The number of esters is 1. The van der Waals surface area contributed by atoms with E-state index in [-0.39, 0.29) is 41.5 Å². The Kier molecular flexibility index (Phi) is 8.27. The molecule has 31 heavy (non-hydrogen) atoms. The smallest absolute Gasteiger partial charge is 0.313 e. The number of carbonyl (C=O) groups is 2. The SMILES string of the molecule is CCOC(=O)Cc1nnc(SCC(=O)Nc2ncc(Cl)cc2Cl)n1Cc1ccccc1. The molecule has 1 amide bonds.